The van der Waals surface area contributed by atoms with Crippen molar-refractivity contribution < 1.29 is 13.2 Å². The SMILES string of the molecule is N=C(N)c1cccc(NC(=O)NC2(C3CCN(S(=O)(=O)c4cccs4)CC3)CCCCCC2)c1. The largest absolute Gasteiger partial charge is 0.384 e. The number of piperidine rings is 1. The third kappa shape index (κ3) is 5.45. The summed E-state index contributed by atoms with van der Waals surface area (Å²) < 4.78 is 27.9. The minimum atomic E-state index is -3.45. The highest BCUT2D eigenvalue weighted by Gasteiger charge is 2.43. The molecule has 184 valence electrons. The Bertz CT molecular complexity index is 1100. The minimum Gasteiger partial charge on any atom is -0.384 e. The summed E-state index contributed by atoms with van der Waals surface area (Å²) in [4.78, 5) is 13.1. The lowest BCUT2D eigenvalue weighted by molar-refractivity contribution is 0.130. The van der Waals surface area contributed by atoms with E-state index in [-0.39, 0.29) is 23.3 Å². The molecule has 2 amide bonds. The molecule has 0 radical (unpaired) electrons. The molecule has 2 heterocycles. The number of anilines is 1. The lowest BCUT2D eigenvalue weighted by atomic mass is 9.73. The Morgan fingerprint density at radius 2 is 1.79 bits per heavy atom. The molecule has 2 aromatic rings. The molecule has 34 heavy (non-hydrogen) atoms. The summed E-state index contributed by atoms with van der Waals surface area (Å²) in [5.74, 6) is 0.170. The van der Waals surface area contributed by atoms with Crippen LogP contribution in [0.1, 0.15) is 56.9 Å². The molecule has 1 aliphatic heterocycles. The van der Waals surface area contributed by atoms with E-state index in [1.165, 1.54) is 11.3 Å². The van der Waals surface area contributed by atoms with E-state index in [0.717, 1.165) is 51.4 Å². The summed E-state index contributed by atoms with van der Waals surface area (Å²) in [7, 11) is -3.45. The molecule has 1 saturated carbocycles. The molecule has 1 aliphatic carbocycles. The van der Waals surface area contributed by atoms with Crippen LogP contribution in [0.25, 0.3) is 0 Å². The van der Waals surface area contributed by atoms with Crippen molar-refractivity contribution in [3.8, 4) is 0 Å². The van der Waals surface area contributed by atoms with Gasteiger partial charge in [-0.2, -0.15) is 4.31 Å². The fraction of sp³-hybridized carbons (Fsp3) is 0.500. The maximum Gasteiger partial charge on any atom is 0.319 e. The fourth-order valence-corrected chi connectivity index (χ4v) is 7.95. The van der Waals surface area contributed by atoms with Gasteiger partial charge in [0, 0.05) is 29.9 Å². The fourth-order valence-electron chi connectivity index (χ4n) is 5.33. The van der Waals surface area contributed by atoms with Crippen LogP contribution in [0.3, 0.4) is 0 Å². The van der Waals surface area contributed by atoms with Gasteiger partial charge in [-0.3, -0.25) is 5.41 Å². The average Bonchev–Trinajstić information content (AvgIpc) is 3.28. The van der Waals surface area contributed by atoms with E-state index in [0.29, 0.717) is 28.5 Å². The summed E-state index contributed by atoms with van der Waals surface area (Å²) >= 11 is 1.25. The number of nitrogens with one attached hydrogen (secondary N) is 3. The van der Waals surface area contributed by atoms with E-state index in [2.05, 4.69) is 10.6 Å². The Morgan fingerprint density at radius 1 is 1.09 bits per heavy atom. The van der Waals surface area contributed by atoms with Crippen molar-refractivity contribution in [2.45, 2.75) is 61.1 Å². The van der Waals surface area contributed by atoms with Crippen molar-refractivity contribution in [2.75, 3.05) is 18.4 Å². The number of amidine groups is 1. The van der Waals surface area contributed by atoms with Crippen molar-refractivity contribution in [2.24, 2.45) is 11.7 Å². The molecule has 1 saturated heterocycles. The first-order chi connectivity index (χ1) is 16.3. The van der Waals surface area contributed by atoms with Crippen LogP contribution in [0, 0.1) is 11.3 Å². The quantitative estimate of drug-likeness (QED) is 0.265. The van der Waals surface area contributed by atoms with Gasteiger partial charge in [-0.15, -0.1) is 11.3 Å². The van der Waals surface area contributed by atoms with Crippen LogP contribution in [0.5, 0.6) is 0 Å². The van der Waals surface area contributed by atoms with Gasteiger partial charge in [0.15, 0.2) is 0 Å². The lowest BCUT2D eigenvalue weighted by Crippen LogP contribution is -2.57. The van der Waals surface area contributed by atoms with Crippen LogP contribution in [0.4, 0.5) is 10.5 Å². The number of carbonyl (C=O) groups is 1. The molecule has 0 spiro atoms. The van der Waals surface area contributed by atoms with Crippen molar-refractivity contribution >= 4 is 38.9 Å². The van der Waals surface area contributed by atoms with Crippen molar-refractivity contribution in [3.05, 3.63) is 47.3 Å². The molecule has 2 aliphatic rings. The van der Waals surface area contributed by atoms with Crippen LogP contribution in [-0.4, -0.2) is 43.2 Å². The van der Waals surface area contributed by atoms with Gasteiger partial charge in [-0.25, -0.2) is 13.2 Å². The number of urea groups is 1. The summed E-state index contributed by atoms with van der Waals surface area (Å²) in [5.41, 5.74) is 6.38. The minimum absolute atomic E-state index is 0.0476. The Kier molecular flexibility index (Phi) is 7.59. The topological polar surface area (TPSA) is 128 Å². The molecule has 4 rings (SSSR count). The summed E-state index contributed by atoms with van der Waals surface area (Å²) in [6, 6.07) is 10.1. The van der Waals surface area contributed by atoms with E-state index in [1.807, 2.05) is 0 Å². The van der Waals surface area contributed by atoms with Crippen LogP contribution < -0.4 is 16.4 Å². The maximum absolute atomic E-state index is 13.1. The van der Waals surface area contributed by atoms with Crippen LogP contribution in [0.2, 0.25) is 0 Å². The molecule has 10 heteroatoms. The van der Waals surface area contributed by atoms with Crippen molar-refractivity contribution in [1.29, 1.82) is 5.41 Å². The number of rotatable bonds is 6. The number of nitrogen functional groups attached to an aromatic ring is 1. The Balaban J connectivity index is 1.46. The van der Waals surface area contributed by atoms with Gasteiger partial charge >= 0.3 is 6.03 Å². The number of nitrogens with two attached hydrogens (primary N) is 1. The highest BCUT2D eigenvalue weighted by molar-refractivity contribution is 7.91. The highest BCUT2D eigenvalue weighted by Crippen LogP contribution is 2.40. The molecule has 1 aromatic heterocycles. The van der Waals surface area contributed by atoms with Gasteiger partial charge in [0.2, 0.25) is 0 Å². The Morgan fingerprint density at radius 3 is 2.41 bits per heavy atom. The van der Waals surface area contributed by atoms with Crippen LogP contribution in [0.15, 0.2) is 46.0 Å². The highest BCUT2D eigenvalue weighted by atomic mass is 32.2. The normalized spacial score (nSPS) is 19.8. The zero-order valence-corrected chi connectivity index (χ0v) is 20.9. The van der Waals surface area contributed by atoms with E-state index < -0.39 is 10.0 Å². The standard InChI is InChI=1S/C24H33N5O3S2/c25-22(26)18-7-5-8-20(17-18)27-23(30)28-24(12-3-1-2-4-13-24)19-10-14-29(15-11-19)34(31,32)21-9-6-16-33-21/h5-9,16-17,19H,1-4,10-15H2,(H3,25,26)(H2,27,28,30). The second-order valence-electron chi connectivity index (χ2n) is 9.25. The Hall–Kier alpha value is -2.43. The summed E-state index contributed by atoms with van der Waals surface area (Å²) in [6.07, 6.45) is 7.65. The number of thiophene rings is 1. The van der Waals surface area contributed by atoms with E-state index in [9.17, 15) is 13.2 Å². The van der Waals surface area contributed by atoms with Crippen LogP contribution >= 0.6 is 11.3 Å². The molecular weight excluding hydrogens is 470 g/mol. The second kappa shape index (κ2) is 10.5. The average molecular weight is 504 g/mol. The second-order valence-corrected chi connectivity index (χ2v) is 12.4. The van der Waals surface area contributed by atoms with Gasteiger partial charge in [0.25, 0.3) is 10.0 Å². The van der Waals surface area contributed by atoms with Gasteiger partial charge in [0.1, 0.15) is 10.0 Å². The number of nitrogens with zero attached hydrogens (tertiary/aromatic N) is 1. The number of hydrogen-bond donors (Lipinski definition) is 4. The number of benzene rings is 1. The van der Waals surface area contributed by atoms with E-state index in [1.54, 1.807) is 46.1 Å². The zero-order chi connectivity index (χ0) is 24.2. The van der Waals surface area contributed by atoms with Gasteiger partial charge < -0.3 is 16.4 Å². The predicted molar refractivity (Wildman–Crippen MR) is 136 cm³/mol. The molecule has 5 N–H and O–H groups in total. The molecule has 0 atom stereocenters. The molecule has 0 unspecified atom stereocenters. The first-order valence-corrected chi connectivity index (χ1v) is 14.2. The first kappa shape index (κ1) is 24.7. The number of hydrogen-bond acceptors (Lipinski definition) is 5. The number of amides is 2. The van der Waals surface area contributed by atoms with E-state index >= 15 is 0 Å². The molecule has 1 aromatic carbocycles. The van der Waals surface area contributed by atoms with Gasteiger partial charge in [-0.1, -0.05) is 43.9 Å². The van der Waals surface area contributed by atoms with Gasteiger partial charge in [-0.05, 0) is 55.2 Å². The summed E-state index contributed by atoms with van der Waals surface area (Å²) in [6.45, 7) is 0.938. The zero-order valence-electron chi connectivity index (χ0n) is 19.3. The maximum atomic E-state index is 13.1. The van der Waals surface area contributed by atoms with E-state index in [4.69, 9.17) is 11.1 Å². The lowest BCUT2D eigenvalue weighted by Gasteiger charge is -2.45. The van der Waals surface area contributed by atoms with Crippen molar-refractivity contribution in [3.63, 3.8) is 0 Å². The van der Waals surface area contributed by atoms with Crippen molar-refractivity contribution in [1.82, 2.24) is 9.62 Å². The smallest absolute Gasteiger partial charge is 0.319 e. The first-order valence-electron chi connectivity index (χ1n) is 11.9. The molecule has 2 fully saturated rings. The monoisotopic (exact) mass is 503 g/mol. The van der Waals surface area contributed by atoms with Gasteiger partial charge in [0.05, 0.1) is 0 Å². The number of sulfonamides is 1. The third-order valence-corrected chi connectivity index (χ3v) is 10.4. The molecule has 8 nitrogen and oxygen atoms in total. The molecular formula is C24H33N5O3S2. The van der Waals surface area contributed by atoms with Crippen LogP contribution in [-0.2, 0) is 10.0 Å². The third-order valence-electron chi connectivity index (χ3n) is 7.11. The number of carbonyl (C=O) groups excluding carboxylic acids is 1. The summed E-state index contributed by atoms with van der Waals surface area (Å²) in [5, 5.41) is 15.6. The Labute approximate surface area is 205 Å². The molecule has 0 bridgehead atoms. The predicted octanol–water partition coefficient (Wildman–Crippen LogP) is 4.35.